The van der Waals surface area contributed by atoms with Gasteiger partial charge in [-0.15, -0.1) is 12.4 Å². The highest BCUT2D eigenvalue weighted by Crippen LogP contribution is 2.22. The highest BCUT2D eigenvalue weighted by molar-refractivity contribution is 6.31. The van der Waals surface area contributed by atoms with E-state index in [-0.39, 0.29) is 18.3 Å². The summed E-state index contributed by atoms with van der Waals surface area (Å²) in [4.78, 5) is 11.6. The monoisotopic (exact) mass is 276 g/mol. The van der Waals surface area contributed by atoms with Crippen LogP contribution < -0.4 is 10.6 Å². The zero-order valence-electron chi connectivity index (χ0n) is 10.0. The molecule has 0 saturated carbocycles. The molecule has 0 aliphatic heterocycles. The second-order valence-corrected chi connectivity index (χ2v) is 4.07. The van der Waals surface area contributed by atoms with Crippen LogP contribution in [0.4, 0.5) is 5.69 Å². The lowest BCUT2D eigenvalue weighted by molar-refractivity contribution is -0.116. The molecule has 5 heteroatoms. The van der Waals surface area contributed by atoms with Gasteiger partial charge in [0.25, 0.3) is 0 Å². The molecule has 0 aromatic heterocycles. The Morgan fingerprint density at radius 1 is 1.41 bits per heavy atom. The van der Waals surface area contributed by atoms with Crippen molar-refractivity contribution in [2.45, 2.75) is 19.8 Å². The van der Waals surface area contributed by atoms with Gasteiger partial charge >= 0.3 is 0 Å². The molecule has 1 aromatic rings. The molecular weight excluding hydrogens is 259 g/mol. The van der Waals surface area contributed by atoms with Crippen LogP contribution in [0.15, 0.2) is 18.2 Å². The zero-order chi connectivity index (χ0) is 12.0. The molecular formula is C12H18Cl2N2O. The SMILES string of the molecule is CNCCCC(=O)Nc1cccc(Cl)c1C.Cl. The first-order valence-corrected chi connectivity index (χ1v) is 5.72. The molecule has 1 amide bonds. The highest BCUT2D eigenvalue weighted by atomic mass is 35.5. The number of hydrogen-bond donors (Lipinski definition) is 2. The lowest BCUT2D eigenvalue weighted by Crippen LogP contribution is -2.15. The van der Waals surface area contributed by atoms with Crippen molar-refractivity contribution in [3.63, 3.8) is 0 Å². The van der Waals surface area contributed by atoms with Crippen LogP contribution >= 0.6 is 24.0 Å². The van der Waals surface area contributed by atoms with Crippen LogP contribution in [-0.2, 0) is 4.79 Å². The van der Waals surface area contributed by atoms with Crippen molar-refractivity contribution in [1.29, 1.82) is 0 Å². The molecule has 1 rings (SSSR count). The standard InChI is InChI=1S/C12H17ClN2O.ClH/c1-9-10(13)5-3-6-11(9)15-12(16)7-4-8-14-2;/h3,5-6,14H,4,7-8H2,1-2H3,(H,15,16);1H. The maximum atomic E-state index is 11.6. The molecule has 0 radical (unpaired) electrons. The van der Waals surface area contributed by atoms with Gasteiger partial charge in [0, 0.05) is 17.1 Å². The number of anilines is 1. The molecule has 1 aromatic carbocycles. The third-order valence-corrected chi connectivity index (χ3v) is 2.78. The Morgan fingerprint density at radius 2 is 2.12 bits per heavy atom. The van der Waals surface area contributed by atoms with Gasteiger partial charge in [-0.05, 0) is 44.6 Å². The fourth-order valence-electron chi connectivity index (χ4n) is 1.38. The first-order chi connectivity index (χ1) is 7.65. The Balaban J connectivity index is 0.00000256. The van der Waals surface area contributed by atoms with E-state index in [0.29, 0.717) is 11.4 Å². The van der Waals surface area contributed by atoms with Crippen molar-refractivity contribution >= 4 is 35.6 Å². The molecule has 0 aliphatic rings. The van der Waals surface area contributed by atoms with Gasteiger partial charge in [-0.25, -0.2) is 0 Å². The lowest BCUT2D eigenvalue weighted by Gasteiger charge is -2.09. The van der Waals surface area contributed by atoms with Crippen molar-refractivity contribution in [3.8, 4) is 0 Å². The van der Waals surface area contributed by atoms with E-state index in [1.165, 1.54) is 0 Å². The molecule has 17 heavy (non-hydrogen) atoms. The van der Waals surface area contributed by atoms with Gasteiger partial charge in [-0.3, -0.25) is 4.79 Å². The largest absolute Gasteiger partial charge is 0.326 e. The van der Waals surface area contributed by atoms with Crippen LogP contribution in [0.3, 0.4) is 0 Å². The van der Waals surface area contributed by atoms with Crippen LogP contribution in [0, 0.1) is 6.92 Å². The Bertz CT molecular complexity index is 370. The summed E-state index contributed by atoms with van der Waals surface area (Å²) in [5.74, 6) is 0.0283. The third kappa shape index (κ3) is 5.39. The molecule has 0 spiro atoms. The quantitative estimate of drug-likeness (QED) is 0.812. The first kappa shape index (κ1) is 16.2. The summed E-state index contributed by atoms with van der Waals surface area (Å²) in [5, 5.41) is 6.54. The van der Waals surface area contributed by atoms with E-state index in [1.54, 1.807) is 0 Å². The number of rotatable bonds is 5. The van der Waals surface area contributed by atoms with E-state index in [9.17, 15) is 4.79 Å². The molecule has 0 fully saturated rings. The molecule has 0 heterocycles. The number of nitrogens with one attached hydrogen (secondary N) is 2. The minimum absolute atomic E-state index is 0. The topological polar surface area (TPSA) is 41.1 Å². The number of halogens is 2. The number of carbonyl (C=O) groups is 1. The van der Waals surface area contributed by atoms with Gasteiger partial charge in [0.15, 0.2) is 0 Å². The first-order valence-electron chi connectivity index (χ1n) is 5.34. The molecule has 0 aliphatic carbocycles. The Labute approximate surface area is 113 Å². The minimum Gasteiger partial charge on any atom is -0.326 e. The van der Waals surface area contributed by atoms with Gasteiger partial charge < -0.3 is 10.6 Å². The van der Waals surface area contributed by atoms with Crippen molar-refractivity contribution in [2.24, 2.45) is 0 Å². The maximum Gasteiger partial charge on any atom is 0.224 e. The molecule has 0 unspecified atom stereocenters. The number of benzene rings is 1. The Morgan fingerprint density at radius 3 is 2.76 bits per heavy atom. The average Bonchev–Trinajstić information content (AvgIpc) is 2.25. The van der Waals surface area contributed by atoms with Crippen LogP contribution in [0.1, 0.15) is 18.4 Å². The van der Waals surface area contributed by atoms with E-state index in [0.717, 1.165) is 24.2 Å². The van der Waals surface area contributed by atoms with Crippen LogP contribution in [0.25, 0.3) is 0 Å². The molecule has 96 valence electrons. The summed E-state index contributed by atoms with van der Waals surface area (Å²) in [5.41, 5.74) is 1.70. The fraction of sp³-hybridized carbons (Fsp3) is 0.417. The van der Waals surface area contributed by atoms with Gasteiger partial charge in [-0.2, -0.15) is 0 Å². The van der Waals surface area contributed by atoms with Gasteiger partial charge in [0.1, 0.15) is 0 Å². The van der Waals surface area contributed by atoms with Crippen molar-refractivity contribution in [3.05, 3.63) is 28.8 Å². The number of carbonyl (C=O) groups excluding carboxylic acids is 1. The average molecular weight is 277 g/mol. The van der Waals surface area contributed by atoms with Gasteiger partial charge in [0.2, 0.25) is 5.91 Å². The molecule has 2 N–H and O–H groups in total. The second kappa shape index (κ2) is 8.34. The summed E-state index contributed by atoms with van der Waals surface area (Å²) in [6, 6.07) is 5.50. The highest BCUT2D eigenvalue weighted by Gasteiger charge is 2.05. The molecule has 0 saturated heterocycles. The van der Waals surface area contributed by atoms with Crippen LogP contribution in [0.5, 0.6) is 0 Å². The Kier molecular flexibility index (Phi) is 7.96. The summed E-state index contributed by atoms with van der Waals surface area (Å²) in [6.07, 6.45) is 1.36. The maximum absolute atomic E-state index is 11.6. The van der Waals surface area contributed by atoms with E-state index < -0.39 is 0 Å². The van der Waals surface area contributed by atoms with E-state index in [1.807, 2.05) is 32.2 Å². The number of hydrogen-bond acceptors (Lipinski definition) is 2. The predicted octanol–water partition coefficient (Wildman–Crippen LogP) is 3.01. The van der Waals surface area contributed by atoms with E-state index in [4.69, 9.17) is 11.6 Å². The van der Waals surface area contributed by atoms with Crippen LogP contribution in [0.2, 0.25) is 5.02 Å². The summed E-state index contributed by atoms with van der Waals surface area (Å²) >= 11 is 5.96. The van der Waals surface area contributed by atoms with E-state index in [2.05, 4.69) is 10.6 Å². The summed E-state index contributed by atoms with van der Waals surface area (Å²) < 4.78 is 0. The van der Waals surface area contributed by atoms with Crippen molar-refractivity contribution < 1.29 is 4.79 Å². The molecule has 0 atom stereocenters. The van der Waals surface area contributed by atoms with Gasteiger partial charge in [0.05, 0.1) is 0 Å². The summed E-state index contributed by atoms with van der Waals surface area (Å²) in [7, 11) is 1.87. The number of amides is 1. The van der Waals surface area contributed by atoms with Gasteiger partial charge in [-0.1, -0.05) is 17.7 Å². The fourth-order valence-corrected chi connectivity index (χ4v) is 1.56. The predicted molar refractivity (Wildman–Crippen MR) is 75.2 cm³/mol. The Hall–Kier alpha value is -0.770. The van der Waals surface area contributed by atoms with E-state index >= 15 is 0 Å². The smallest absolute Gasteiger partial charge is 0.224 e. The van der Waals surface area contributed by atoms with Crippen molar-refractivity contribution in [2.75, 3.05) is 18.9 Å². The van der Waals surface area contributed by atoms with Crippen LogP contribution in [-0.4, -0.2) is 19.5 Å². The zero-order valence-corrected chi connectivity index (χ0v) is 11.6. The molecule has 0 bridgehead atoms. The summed E-state index contributed by atoms with van der Waals surface area (Å²) in [6.45, 7) is 2.74. The third-order valence-electron chi connectivity index (χ3n) is 2.37. The van der Waals surface area contributed by atoms with Crippen molar-refractivity contribution in [1.82, 2.24) is 5.32 Å². The molecule has 3 nitrogen and oxygen atoms in total. The second-order valence-electron chi connectivity index (χ2n) is 3.67. The normalized spacial score (nSPS) is 9.59. The lowest BCUT2D eigenvalue weighted by atomic mass is 10.2. The minimum atomic E-state index is 0.